The molecule has 30 heavy (non-hydrogen) atoms. The number of sulfonamides is 1. The Morgan fingerprint density at radius 3 is 2.50 bits per heavy atom. The average molecular weight is 451 g/mol. The van der Waals surface area contributed by atoms with E-state index in [-0.39, 0.29) is 21.4 Å². The van der Waals surface area contributed by atoms with Crippen LogP contribution in [0, 0.1) is 0 Å². The summed E-state index contributed by atoms with van der Waals surface area (Å²) in [5.74, 6) is -1.34. The van der Waals surface area contributed by atoms with E-state index >= 15 is 0 Å². The lowest BCUT2D eigenvalue weighted by molar-refractivity contribution is -0.116. The van der Waals surface area contributed by atoms with Crippen molar-refractivity contribution < 1.29 is 27.5 Å². The van der Waals surface area contributed by atoms with Crippen molar-refractivity contribution in [3.8, 4) is 0 Å². The Balaban J connectivity index is 1.72. The highest BCUT2D eigenvalue weighted by Crippen LogP contribution is 2.26. The SMILES string of the molecule is CN(C)S(=O)(=O)c1cc(C(=O)OCC(=O)c2ccc3c(c2)CCC(=O)N3)ccc1Cl. The van der Waals surface area contributed by atoms with Crippen LogP contribution in [0.2, 0.25) is 5.02 Å². The van der Waals surface area contributed by atoms with Crippen molar-refractivity contribution in [3.63, 3.8) is 0 Å². The summed E-state index contributed by atoms with van der Waals surface area (Å²) >= 11 is 5.97. The number of Topliss-reactive ketones (excluding diaryl/α,β-unsaturated/α-hetero) is 1. The summed E-state index contributed by atoms with van der Waals surface area (Å²) in [7, 11) is -1.16. The first kappa shape index (κ1) is 21.9. The first-order chi connectivity index (χ1) is 14.1. The predicted molar refractivity (Wildman–Crippen MR) is 110 cm³/mol. The molecule has 0 unspecified atom stereocenters. The largest absolute Gasteiger partial charge is 0.454 e. The molecule has 1 N–H and O–H groups in total. The monoisotopic (exact) mass is 450 g/mol. The van der Waals surface area contributed by atoms with E-state index < -0.39 is 28.4 Å². The molecule has 1 heterocycles. The van der Waals surface area contributed by atoms with E-state index in [1.165, 1.54) is 26.2 Å². The van der Waals surface area contributed by atoms with E-state index in [1.54, 1.807) is 18.2 Å². The molecule has 0 aromatic heterocycles. The molecule has 0 radical (unpaired) electrons. The van der Waals surface area contributed by atoms with Crippen LogP contribution < -0.4 is 5.32 Å². The van der Waals surface area contributed by atoms with Gasteiger partial charge in [0.1, 0.15) is 4.90 Å². The van der Waals surface area contributed by atoms with Crippen LogP contribution in [0.5, 0.6) is 0 Å². The number of benzene rings is 2. The maximum Gasteiger partial charge on any atom is 0.338 e. The lowest BCUT2D eigenvalue weighted by Gasteiger charge is -2.17. The zero-order valence-electron chi connectivity index (χ0n) is 16.3. The minimum Gasteiger partial charge on any atom is -0.454 e. The summed E-state index contributed by atoms with van der Waals surface area (Å²) in [5, 5.41) is 2.70. The number of carbonyl (C=O) groups is 3. The second kappa shape index (κ2) is 8.55. The molecular formula is C20H19ClN2O6S. The van der Waals surface area contributed by atoms with E-state index in [9.17, 15) is 22.8 Å². The number of hydrogen-bond acceptors (Lipinski definition) is 6. The van der Waals surface area contributed by atoms with Crippen molar-refractivity contribution in [1.82, 2.24) is 4.31 Å². The molecule has 0 atom stereocenters. The van der Waals surface area contributed by atoms with Crippen LogP contribution >= 0.6 is 11.6 Å². The number of anilines is 1. The zero-order valence-corrected chi connectivity index (χ0v) is 17.8. The first-order valence-electron chi connectivity index (χ1n) is 8.95. The highest BCUT2D eigenvalue weighted by Gasteiger charge is 2.23. The van der Waals surface area contributed by atoms with Crippen LogP contribution in [0.15, 0.2) is 41.3 Å². The van der Waals surface area contributed by atoms with Gasteiger partial charge in [-0.15, -0.1) is 0 Å². The Labute approximate surface area is 178 Å². The molecule has 0 saturated heterocycles. The van der Waals surface area contributed by atoms with Crippen molar-refractivity contribution in [1.29, 1.82) is 0 Å². The fourth-order valence-corrected chi connectivity index (χ4v) is 4.27. The minimum atomic E-state index is -3.85. The topological polar surface area (TPSA) is 110 Å². The number of nitrogens with zero attached hydrogens (tertiary/aromatic N) is 1. The van der Waals surface area contributed by atoms with Crippen LogP contribution in [-0.2, 0) is 26.0 Å². The minimum absolute atomic E-state index is 0.0301. The average Bonchev–Trinajstić information content (AvgIpc) is 2.71. The summed E-state index contributed by atoms with van der Waals surface area (Å²) in [6, 6.07) is 8.57. The van der Waals surface area contributed by atoms with Gasteiger partial charge in [-0.2, -0.15) is 0 Å². The van der Waals surface area contributed by atoms with Gasteiger partial charge in [-0.25, -0.2) is 17.5 Å². The van der Waals surface area contributed by atoms with Gasteiger partial charge in [0.15, 0.2) is 12.4 Å². The lowest BCUT2D eigenvalue weighted by Crippen LogP contribution is -2.23. The second-order valence-electron chi connectivity index (χ2n) is 6.85. The molecule has 0 aliphatic carbocycles. The molecule has 158 valence electrons. The molecule has 1 amide bonds. The Morgan fingerprint density at radius 1 is 1.10 bits per heavy atom. The van der Waals surface area contributed by atoms with E-state index in [0.717, 1.165) is 15.9 Å². The third kappa shape index (κ3) is 4.53. The summed E-state index contributed by atoms with van der Waals surface area (Å²) < 4.78 is 30.7. The van der Waals surface area contributed by atoms with E-state index in [1.807, 2.05) is 0 Å². The van der Waals surface area contributed by atoms with E-state index in [0.29, 0.717) is 24.1 Å². The van der Waals surface area contributed by atoms with Crippen molar-refractivity contribution in [2.45, 2.75) is 17.7 Å². The van der Waals surface area contributed by atoms with Crippen LogP contribution in [-0.4, -0.2) is 51.1 Å². The summed E-state index contributed by atoms with van der Waals surface area (Å²) in [5.41, 5.74) is 1.81. The van der Waals surface area contributed by atoms with Crippen LogP contribution in [0.4, 0.5) is 5.69 Å². The van der Waals surface area contributed by atoms with Crippen molar-refractivity contribution in [2.24, 2.45) is 0 Å². The Bertz CT molecular complexity index is 1140. The normalized spacial score (nSPS) is 13.5. The fourth-order valence-electron chi connectivity index (χ4n) is 2.88. The quantitative estimate of drug-likeness (QED) is 0.535. The highest BCUT2D eigenvalue weighted by atomic mass is 35.5. The first-order valence-corrected chi connectivity index (χ1v) is 10.8. The van der Waals surface area contributed by atoms with Crippen LogP contribution in [0.1, 0.15) is 32.7 Å². The molecule has 1 aliphatic heterocycles. The lowest BCUT2D eigenvalue weighted by atomic mass is 9.99. The highest BCUT2D eigenvalue weighted by molar-refractivity contribution is 7.89. The van der Waals surface area contributed by atoms with Crippen molar-refractivity contribution in [2.75, 3.05) is 26.0 Å². The van der Waals surface area contributed by atoms with E-state index in [2.05, 4.69) is 5.32 Å². The summed E-state index contributed by atoms with van der Waals surface area (Å²) in [6.45, 7) is -0.512. The number of aryl methyl sites for hydroxylation is 1. The van der Waals surface area contributed by atoms with Gasteiger partial charge in [-0.05, 0) is 48.4 Å². The van der Waals surface area contributed by atoms with E-state index in [4.69, 9.17) is 16.3 Å². The molecule has 1 aliphatic rings. The van der Waals surface area contributed by atoms with Gasteiger partial charge in [0.25, 0.3) is 0 Å². The van der Waals surface area contributed by atoms with Gasteiger partial charge in [0.2, 0.25) is 15.9 Å². The third-order valence-corrected chi connectivity index (χ3v) is 6.88. The molecular weight excluding hydrogens is 432 g/mol. The van der Waals surface area contributed by atoms with Crippen molar-refractivity contribution in [3.05, 3.63) is 58.1 Å². The van der Waals surface area contributed by atoms with Gasteiger partial charge in [-0.3, -0.25) is 9.59 Å². The number of ketones is 1. The number of carbonyl (C=O) groups excluding carboxylic acids is 3. The Morgan fingerprint density at radius 2 is 1.80 bits per heavy atom. The number of hydrogen-bond donors (Lipinski definition) is 1. The number of ether oxygens (including phenoxy) is 1. The third-order valence-electron chi connectivity index (χ3n) is 4.58. The number of amides is 1. The second-order valence-corrected chi connectivity index (χ2v) is 9.38. The molecule has 2 aromatic carbocycles. The number of esters is 1. The Kier molecular flexibility index (Phi) is 6.25. The molecule has 3 rings (SSSR count). The zero-order chi connectivity index (χ0) is 22.1. The fraction of sp³-hybridized carbons (Fsp3) is 0.250. The van der Waals surface area contributed by atoms with Crippen LogP contribution in [0.3, 0.4) is 0 Å². The van der Waals surface area contributed by atoms with Crippen LogP contribution in [0.25, 0.3) is 0 Å². The number of halogens is 1. The smallest absolute Gasteiger partial charge is 0.338 e. The van der Waals surface area contributed by atoms with Crippen molar-refractivity contribution >= 4 is 45.0 Å². The van der Waals surface area contributed by atoms with Gasteiger partial charge in [0, 0.05) is 31.8 Å². The number of fused-ring (bicyclic) bond motifs is 1. The van der Waals surface area contributed by atoms with Gasteiger partial charge in [0.05, 0.1) is 10.6 Å². The molecule has 2 aromatic rings. The van der Waals surface area contributed by atoms with Gasteiger partial charge in [-0.1, -0.05) is 11.6 Å². The maximum absolute atomic E-state index is 12.4. The molecule has 0 fully saturated rings. The maximum atomic E-state index is 12.4. The number of nitrogens with one attached hydrogen (secondary N) is 1. The Hall–Kier alpha value is -2.75. The summed E-state index contributed by atoms with van der Waals surface area (Å²) in [6.07, 6.45) is 0.865. The molecule has 0 saturated carbocycles. The molecule has 8 nitrogen and oxygen atoms in total. The van der Waals surface area contributed by atoms with Gasteiger partial charge >= 0.3 is 5.97 Å². The summed E-state index contributed by atoms with van der Waals surface area (Å²) in [4.78, 5) is 35.9. The molecule has 10 heteroatoms. The molecule has 0 spiro atoms. The van der Waals surface area contributed by atoms with Gasteiger partial charge < -0.3 is 10.1 Å². The predicted octanol–water partition coefficient (Wildman–Crippen LogP) is 2.51. The standard InChI is InChI=1S/C20H19ClN2O6S/c1-23(2)30(27,28)18-10-14(3-6-15(18)21)20(26)29-11-17(24)13-4-7-16-12(9-13)5-8-19(25)22-16/h3-4,6-7,9-10H,5,8,11H2,1-2H3,(H,22,25). The molecule has 0 bridgehead atoms. The number of rotatable bonds is 6.